The Balaban J connectivity index is 3.78. The van der Waals surface area contributed by atoms with E-state index >= 15 is 0 Å². The molecule has 0 spiro atoms. The standard InChI is InChI=1S/C8H12N2/c1-4-5-8(6-7-9)10(2)3/h1,8H,5-6H2,2-3H3. The van der Waals surface area contributed by atoms with Crippen LogP contribution in [0.3, 0.4) is 0 Å². The van der Waals surface area contributed by atoms with Crippen molar-refractivity contribution in [2.24, 2.45) is 0 Å². The molecule has 0 fully saturated rings. The second-order valence-corrected chi connectivity index (χ2v) is 2.39. The fourth-order valence-electron chi connectivity index (χ4n) is 0.679. The predicted molar refractivity (Wildman–Crippen MR) is 41.2 cm³/mol. The number of hydrogen-bond acceptors (Lipinski definition) is 2. The number of nitrogens with zero attached hydrogens (tertiary/aromatic N) is 2. The van der Waals surface area contributed by atoms with Crippen molar-refractivity contribution < 1.29 is 0 Å². The SMILES string of the molecule is C#CCC(CC#N)N(C)C. The summed E-state index contributed by atoms with van der Waals surface area (Å²) < 4.78 is 0. The van der Waals surface area contributed by atoms with Crippen LogP contribution in [0, 0.1) is 23.7 Å². The summed E-state index contributed by atoms with van der Waals surface area (Å²) in [6.07, 6.45) is 6.28. The molecule has 10 heavy (non-hydrogen) atoms. The summed E-state index contributed by atoms with van der Waals surface area (Å²) in [6, 6.07) is 2.31. The molecule has 0 aromatic heterocycles. The van der Waals surface area contributed by atoms with Gasteiger partial charge in [0.25, 0.3) is 0 Å². The van der Waals surface area contributed by atoms with Crippen molar-refractivity contribution in [2.45, 2.75) is 18.9 Å². The highest BCUT2D eigenvalue weighted by molar-refractivity contribution is 4.93. The quantitative estimate of drug-likeness (QED) is 0.538. The molecule has 0 aromatic rings. The Kier molecular flexibility index (Phi) is 4.37. The molecule has 1 atom stereocenters. The zero-order valence-corrected chi connectivity index (χ0v) is 6.46. The minimum absolute atomic E-state index is 0.218. The van der Waals surface area contributed by atoms with E-state index in [0.717, 1.165) is 0 Å². The molecule has 0 aliphatic carbocycles. The van der Waals surface area contributed by atoms with E-state index in [9.17, 15) is 0 Å². The Morgan fingerprint density at radius 3 is 2.40 bits per heavy atom. The summed E-state index contributed by atoms with van der Waals surface area (Å²) >= 11 is 0. The average Bonchev–Trinajstić information content (AvgIpc) is 1.87. The third kappa shape index (κ3) is 3.12. The molecule has 0 saturated carbocycles. The van der Waals surface area contributed by atoms with Crippen LogP contribution in [0.2, 0.25) is 0 Å². The van der Waals surface area contributed by atoms with Crippen molar-refractivity contribution in [3.63, 3.8) is 0 Å². The average molecular weight is 136 g/mol. The van der Waals surface area contributed by atoms with Crippen molar-refractivity contribution in [1.29, 1.82) is 5.26 Å². The Hall–Kier alpha value is -0.990. The molecular formula is C8H12N2. The van der Waals surface area contributed by atoms with Gasteiger partial charge in [-0.25, -0.2) is 0 Å². The lowest BCUT2D eigenvalue weighted by Gasteiger charge is -2.18. The zero-order valence-electron chi connectivity index (χ0n) is 6.46. The number of nitriles is 1. The van der Waals surface area contributed by atoms with Crippen LogP contribution in [0.25, 0.3) is 0 Å². The summed E-state index contributed by atoms with van der Waals surface area (Å²) in [4.78, 5) is 1.98. The molecule has 0 N–H and O–H groups in total. The minimum atomic E-state index is 0.218. The van der Waals surface area contributed by atoms with Crippen LogP contribution in [-0.2, 0) is 0 Å². The van der Waals surface area contributed by atoms with E-state index in [2.05, 4.69) is 12.0 Å². The van der Waals surface area contributed by atoms with Crippen LogP contribution < -0.4 is 0 Å². The second kappa shape index (κ2) is 4.85. The smallest absolute Gasteiger partial charge is 0.0638 e. The van der Waals surface area contributed by atoms with Crippen LogP contribution in [0.5, 0.6) is 0 Å². The second-order valence-electron chi connectivity index (χ2n) is 2.39. The van der Waals surface area contributed by atoms with Gasteiger partial charge in [-0.05, 0) is 14.1 Å². The first-order chi connectivity index (χ1) is 4.72. The van der Waals surface area contributed by atoms with E-state index in [1.165, 1.54) is 0 Å². The molecule has 2 nitrogen and oxygen atoms in total. The highest BCUT2D eigenvalue weighted by atomic mass is 15.1. The lowest BCUT2D eigenvalue weighted by Crippen LogP contribution is -2.26. The first-order valence-corrected chi connectivity index (χ1v) is 3.19. The van der Waals surface area contributed by atoms with Gasteiger partial charge in [0, 0.05) is 12.5 Å². The van der Waals surface area contributed by atoms with E-state index in [-0.39, 0.29) is 6.04 Å². The normalized spacial score (nSPS) is 12.1. The lowest BCUT2D eigenvalue weighted by atomic mass is 10.1. The van der Waals surface area contributed by atoms with E-state index in [1.54, 1.807) is 0 Å². The van der Waals surface area contributed by atoms with Crippen LogP contribution in [0.15, 0.2) is 0 Å². The molecule has 0 bridgehead atoms. The summed E-state index contributed by atoms with van der Waals surface area (Å²) in [5.41, 5.74) is 0. The monoisotopic (exact) mass is 136 g/mol. The molecular weight excluding hydrogens is 124 g/mol. The Morgan fingerprint density at radius 1 is 1.50 bits per heavy atom. The van der Waals surface area contributed by atoms with Crippen molar-refractivity contribution in [2.75, 3.05) is 14.1 Å². The summed E-state index contributed by atoms with van der Waals surface area (Å²) in [7, 11) is 3.86. The molecule has 0 aromatic carbocycles. The molecule has 0 aliphatic heterocycles. The van der Waals surface area contributed by atoms with Crippen LogP contribution in [-0.4, -0.2) is 25.0 Å². The van der Waals surface area contributed by atoms with Gasteiger partial charge < -0.3 is 4.90 Å². The molecule has 1 unspecified atom stereocenters. The Labute approximate surface area is 62.4 Å². The van der Waals surface area contributed by atoms with Gasteiger partial charge in [-0.3, -0.25) is 0 Å². The fourth-order valence-corrected chi connectivity index (χ4v) is 0.679. The highest BCUT2D eigenvalue weighted by Gasteiger charge is 2.07. The Bertz CT molecular complexity index is 143. The van der Waals surface area contributed by atoms with E-state index in [0.29, 0.717) is 12.8 Å². The van der Waals surface area contributed by atoms with Gasteiger partial charge in [-0.1, -0.05) is 0 Å². The molecule has 0 aliphatic rings. The van der Waals surface area contributed by atoms with Crippen molar-refractivity contribution in [3.8, 4) is 18.4 Å². The molecule has 2 heteroatoms. The number of rotatable bonds is 3. The lowest BCUT2D eigenvalue weighted by molar-refractivity contribution is 0.302. The van der Waals surface area contributed by atoms with E-state index in [4.69, 9.17) is 11.7 Å². The van der Waals surface area contributed by atoms with Crippen LogP contribution >= 0.6 is 0 Å². The summed E-state index contributed by atoms with van der Waals surface area (Å²) in [5.74, 6) is 2.54. The third-order valence-electron chi connectivity index (χ3n) is 1.41. The number of hydrogen-bond donors (Lipinski definition) is 0. The van der Waals surface area contributed by atoms with Crippen LogP contribution in [0.1, 0.15) is 12.8 Å². The Morgan fingerprint density at radius 2 is 2.10 bits per heavy atom. The molecule has 0 amide bonds. The van der Waals surface area contributed by atoms with Crippen LogP contribution in [0.4, 0.5) is 0 Å². The van der Waals surface area contributed by atoms with Crippen molar-refractivity contribution in [1.82, 2.24) is 4.90 Å². The van der Waals surface area contributed by atoms with Crippen molar-refractivity contribution in [3.05, 3.63) is 0 Å². The van der Waals surface area contributed by atoms with Gasteiger partial charge in [0.15, 0.2) is 0 Å². The maximum Gasteiger partial charge on any atom is 0.0638 e. The maximum atomic E-state index is 8.37. The summed E-state index contributed by atoms with van der Waals surface area (Å²) in [6.45, 7) is 0. The van der Waals surface area contributed by atoms with Gasteiger partial charge in [-0.15, -0.1) is 12.3 Å². The molecule has 0 saturated heterocycles. The van der Waals surface area contributed by atoms with Gasteiger partial charge >= 0.3 is 0 Å². The first kappa shape index (κ1) is 9.01. The zero-order chi connectivity index (χ0) is 7.98. The van der Waals surface area contributed by atoms with Gasteiger partial charge in [0.1, 0.15) is 0 Å². The van der Waals surface area contributed by atoms with E-state index in [1.807, 2.05) is 19.0 Å². The summed E-state index contributed by atoms with van der Waals surface area (Å²) in [5, 5.41) is 8.37. The molecule has 0 rings (SSSR count). The topological polar surface area (TPSA) is 27.0 Å². The molecule has 0 heterocycles. The predicted octanol–water partition coefficient (Wildman–Crippen LogP) is 0.854. The molecule has 0 radical (unpaired) electrons. The number of terminal acetylenes is 1. The minimum Gasteiger partial charge on any atom is -0.304 e. The third-order valence-corrected chi connectivity index (χ3v) is 1.41. The van der Waals surface area contributed by atoms with E-state index < -0.39 is 0 Å². The maximum absolute atomic E-state index is 8.37. The van der Waals surface area contributed by atoms with Gasteiger partial charge in [-0.2, -0.15) is 5.26 Å². The fraction of sp³-hybridized carbons (Fsp3) is 0.625. The molecule has 54 valence electrons. The highest BCUT2D eigenvalue weighted by Crippen LogP contribution is 2.01. The van der Waals surface area contributed by atoms with Gasteiger partial charge in [0.2, 0.25) is 0 Å². The van der Waals surface area contributed by atoms with Gasteiger partial charge in [0.05, 0.1) is 12.5 Å². The first-order valence-electron chi connectivity index (χ1n) is 3.19. The van der Waals surface area contributed by atoms with Crippen molar-refractivity contribution >= 4 is 0 Å². The largest absolute Gasteiger partial charge is 0.304 e.